The zero-order chi connectivity index (χ0) is 54.2. The molecule has 0 saturated heterocycles. The van der Waals surface area contributed by atoms with Gasteiger partial charge in [0.05, 0.1) is 0 Å². The fourth-order valence-corrected chi connectivity index (χ4v) is 8.02. The van der Waals surface area contributed by atoms with E-state index in [4.69, 9.17) is 62.4 Å². The number of rotatable bonds is 36. The molecule has 0 aromatic carbocycles. The Morgan fingerprint density at radius 3 is 1.06 bits per heavy atom. The van der Waals surface area contributed by atoms with E-state index in [1.165, 1.54) is 20.8 Å². The number of carboxylic acids is 1. The van der Waals surface area contributed by atoms with Gasteiger partial charge in [0.15, 0.2) is 23.8 Å². The van der Waals surface area contributed by atoms with Crippen LogP contribution < -0.4 is 94.6 Å². The predicted octanol–water partition coefficient (Wildman–Crippen LogP) is -7.65. The van der Waals surface area contributed by atoms with Crippen molar-refractivity contribution in [2.75, 3.05) is 37.7 Å². The molecule has 0 aromatic rings. The molecule has 0 radical (unpaired) electrons. The molecule has 34 heteroatoms. The molecule has 0 aliphatic heterocycles. The first-order valence-corrected chi connectivity index (χ1v) is 24.6. The molecule has 0 rings (SSSR count). The van der Waals surface area contributed by atoms with Crippen LogP contribution in [0.3, 0.4) is 0 Å². The molecule has 0 saturated carbocycles. The quantitative estimate of drug-likeness (QED) is 0.0120. The molecule has 28 N–H and O–H groups in total. The van der Waals surface area contributed by atoms with Crippen LogP contribution in [0, 0.1) is 0 Å². The number of carboxylic acid groups (broad SMARTS) is 1. The maximum Gasteiger partial charge on any atom is 0.321 e. The maximum absolute atomic E-state index is 14.1. The van der Waals surface area contributed by atoms with Gasteiger partial charge in [0.25, 0.3) is 0 Å². The standard InChI is InChI=1S/C38H73N21O10S2.ClH/c1-18(28(62)56-22(27(40)61)8-4-12-49-35(41)42)53-30(64)23(9-5-13-50-36(43)44)58-32(66)25(11-7-15-52-38(47)48)59-31(65)24(10-6-14-51-37(45)46)57-29(63)19(2)54-33(67)26(55-20(3)60)17-71-70-16-21(39)34(68)69;/h18-19,21-26H,4-17,39H2,1-3H3,(H2,40,61)(H,53,64)(H,54,67)(H,55,60)(H,56,62)(H,57,63)(H,58,66)(H,59,65)(H,68,69)(H4,41,42,49)(H4,43,44,50)(H4,45,46,51)(H4,47,48,52);1H/t18-,19-,21-,22+,23+,24+,25-,26+;/m0./s1. The summed E-state index contributed by atoms with van der Waals surface area (Å²) in [5.74, 6) is -8.58. The van der Waals surface area contributed by atoms with Crippen LogP contribution in [0.2, 0.25) is 0 Å². The number of hydrogen-bond donors (Lipinski definition) is 18. The van der Waals surface area contributed by atoms with Crippen molar-refractivity contribution in [1.29, 1.82) is 0 Å². The van der Waals surface area contributed by atoms with Gasteiger partial charge in [0.1, 0.15) is 48.3 Å². The summed E-state index contributed by atoms with van der Waals surface area (Å²) in [6.07, 6.45) is 0.443. The highest BCUT2D eigenvalue weighted by molar-refractivity contribution is 8.76. The minimum absolute atomic E-state index is 0. The van der Waals surface area contributed by atoms with Crippen molar-refractivity contribution in [2.45, 2.75) is 120 Å². The molecule has 0 unspecified atom stereocenters. The normalized spacial score (nSPS) is 13.8. The first-order chi connectivity index (χ1) is 33.2. The zero-order valence-corrected chi connectivity index (χ0v) is 42.9. The number of primary amides is 1. The highest BCUT2D eigenvalue weighted by Gasteiger charge is 2.32. The smallest absolute Gasteiger partial charge is 0.321 e. The van der Waals surface area contributed by atoms with E-state index < -0.39 is 102 Å². The number of hydrogen-bond acceptors (Lipinski definition) is 16. The topological polar surface area (TPSA) is 568 Å². The van der Waals surface area contributed by atoms with Gasteiger partial charge in [-0.25, -0.2) is 0 Å². The minimum atomic E-state index is -1.41. The highest BCUT2D eigenvalue weighted by Crippen LogP contribution is 2.23. The summed E-state index contributed by atoms with van der Waals surface area (Å²) in [5, 5.41) is 26.7. The van der Waals surface area contributed by atoms with Crippen LogP contribution in [-0.4, -0.2) is 168 Å². The third-order valence-electron chi connectivity index (χ3n) is 9.42. The predicted molar refractivity (Wildman–Crippen MR) is 277 cm³/mol. The number of nitrogens with two attached hydrogens (primary N) is 10. The fourth-order valence-electron chi connectivity index (χ4n) is 5.74. The Labute approximate surface area is 430 Å². The third kappa shape index (κ3) is 31.5. The Bertz CT molecular complexity index is 1920. The third-order valence-corrected chi connectivity index (χ3v) is 11.9. The monoisotopic (exact) mass is 1080 g/mol. The van der Waals surface area contributed by atoms with Crippen LogP contribution in [0.25, 0.3) is 0 Å². The van der Waals surface area contributed by atoms with E-state index >= 15 is 0 Å². The first kappa shape index (κ1) is 67.3. The van der Waals surface area contributed by atoms with Gasteiger partial charge in [-0.15, -0.1) is 12.4 Å². The molecule has 0 heterocycles. The average molecular weight is 1080 g/mol. The fraction of sp³-hybridized carbons (Fsp3) is 0.658. The summed E-state index contributed by atoms with van der Waals surface area (Å²) in [4.78, 5) is 133. The molecule has 0 aliphatic carbocycles. The second-order valence-corrected chi connectivity index (χ2v) is 18.2. The largest absolute Gasteiger partial charge is 0.480 e. The van der Waals surface area contributed by atoms with Crippen LogP contribution in [0.5, 0.6) is 0 Å². The number of nitrogens with zero attached hydrogens (tertiary/aromatic N) is 4. The Balaban J connectivity index is 0. The molecular formula is C38H74ClN21O10S2. The van der Waals surface area contributed by atoms with E-state index in [9.17, 15) is 43.2 Å². The van der Waals surface area contributed by atoms with E-state index in [0.29, 0.717) is 0 Å². The number of aliphatic imine (C=N–C) groups is 4. The number of carbonyl (C=O) groups excluding carboxylic acids is 8. The molecule has 0 fully saturated rings. The molecule has 0 aliphatic rings. The van der Waals surface area contributed by atoms with Gasteiger partial charge in [-0.3, -0.25) is 63.1 Å². The van der Waals surface area contributed by atoms with Crippen molar-refractivity contribution in [3.05, 3.63) is 0 Å². The van der Waals surface area contributed by atoms with Gasteiger partial charge in [0, 0.05) is 44.6 Å². The maximum atomic E-state index is 14.1. The Morgan fingerprint density at radius 1 is 0.444 bits per heavy atom. The molecule has 31 nitrogen and oxygen atoms in total. The van der Waals surface area contributed by atoms with Crippen LogP contribution in [0.15, 0.2) is 20.0 Å². The van der Waals surface area contributed by atoms with Crippen LogP contribution in [0.1, 0.15) is 72.1 Å². The summed E-state index contributed by atoms with van der Waals surface area (Å²) in [7, 11) is 2.12. The molecule has 0 spiro atoms. The van der Waals surface area contributed by atoms with Crippen LogP contribution in [0.4, 0.5) is 0 Å². The van der Waals surface area contributed by atoms with Gasteiger partial charge in [-0.05, 0) is 65.2 Å². The molecule has 410 valence electrons. The van der Waals surface area contributed by atoms with Crippen molar-refractivity contribution in [1.82, 2.24) is 37.2 Å². The molecule has 72 heavy (non-hydrogen) atoms. The lowest BCUT2D eigenvalue weighted by Gasteiger charge is -2.27. The van der Waals surface area contributed by atoms with Crippen molar-refractivity contribution < 1.29 is 48.3 Å². The molecule has 0 bridgehead atoms. The van der Waals surface area contributed by atoms with E-state index in [2.05, 4.69) is 57.2 Å². The van der Waals surface area contributed by atoms with Crippen molar-refractivity contribution in [3.63, 3.8) is 0 Å². The Kier molecular flexibility index (Phi) is 34.7. The number of aliphatic carboxylic acids is 1. The van der Waals surface area contributed by atoms with Gasteiger partial charge in [0.2, 0.25) is 47.3 Å². The average Bonchev–Trinajstić information content (AvgIpc) is 3.27. The van der Waals surface area contributed by atoms with Crippen LogP contribution in [-0.2, 0) is 43.2 Å². The summed E-state index contributed by atoms with van der Waals surface area (Å²) >= 11 is 0. The number of carbonyl (C=O) groups is 9. The number of guanidine groups is 4. The Morgan fingerprint density at radius 2 is 0.736 bits per heavy atom. The van der Waals surface area contributed by atoms with Crippen LogP contribution >= 0.6 is 34.0 Å². The second kappa shape index (κ2) is 37.1. The van der Waals surface area contributed by atoms with E-state index in [1.54, 1.807) is 0 Å². The lowest BCUT2D eigenvalue weighted by Crippen LogP contribution is -2.59. The summed E-state index contributed by atoms with van der Waals surface area (Å²) in [6, 6.07) is -10.2. The second-order valence-electron chi connectivity index (χ2n) is 15.7. The van der Waals surface area contributed by atoms with Crippen molar-refractivity contribution >= 4 is 111 Å². The van der Waals surface area contributed by atoms with E-state index in [-0.39, 0.29) is 125 Å². The summed E-state index contributed by atoms with van der Waals surface area (Å²) in [6.45, 7) is 4.04. The van der Waals surface area contributed by atoms with E-state index in [0.717, 1.165) is 21.6 Å². The molecular weight excluding hydrogens is 1010 g/mol. The number of nitrogens with one attached hydrogen (secondary N) is 7. The SMILES string of the molecule is CC(=O)N[C@H](CSSC[C@H](N)C(=O)O)C(=O)N[C@@H](C)C(=O)N[C@H](CCCN=C(N)N)C(=O)N[C@@H](CCCN=C(N)N)C(=O)N[C@H](CCCN=C(N)N)C(=O)N[C@@H](C)C(=O)N[C@H](CCCN=C(N)N)C(N)=O.Cl. The lowest BCUT2D eigenvalue weighted by molar-refractivity contribution is -0.138. The van der Waals surface area contributed by atoms with Gasteiger partial charge in [-0.2, -0.15) is 0 Å². The van der Waals surface area contributed by atoms with Crippen molar-refractivity contribution in [3.8, 4) is 0 Å². The minimum Gasteiger partial charge on any atom is -0.480 e. The number of halogens is 1. The first-order valence-electron chi connectivity index (χ1n) is 22.1. The molecule has 8 atom stereocenters. The van der Waals surface area contributed by atoms with Gasteiger partial charge in [-0.1, -0.05) is 21.6 Å². The molecule has 0 aromatic heterocycles. The highest BCUT2D eigenvalue weighted by atomic mass is 35.5. The molecule has 8 amide bonds. The number of amides is 8. The van der Waals surface area contributed by atoms with Gasteiger partial charge < -0.3 is 99.7 Å². The van der Waals surface area contributed by atoms with Crippen molar-refractivity contribution in [2.24, 2.45) is 77.3 Å². The summed E-state index contributed by atoms with van der Waals surface area (Å²) < 4.78 is 0. The summed E-state index contributed by atoms with van der Waals surface area (Å²) in [5.41, 5.74) is 54.4. The van der Waals surface area contributed by atoms with E-state index in [1.807, 2.05) is 0 Å². The van der Waals surface area contributed by atoms with Gasteiger partial charge >= 0.3 is 5.97 Å². The Hall–Kier alpha value is -6.74. The lowest BCUT2D eigenvalue weighted by atomic mass is 10.0. The zero-order valence-electron chi connectivity index (χ0n) is 40.4.